The smallest absolute Gasteiger partial charge is 0.226 e. The fourth-order valence-corrected chi connectivity index (χ4v) is 2.81. The molecule has 3 N–H and O–H groups in total. The van der Waals surface area contributed by atoms with Crippen LogP contribution in [-0.2, 0) is 11.3 Å². The summed E-state index contributed by atoms with van der Waals surface area (Å²) in [6.45, 7) is 3.56. The molecular formula is C19H23BrIN7O. The van der Waals surface area contributed by atoms with Crippen LogP contribution in [0, 0.1) is 0 Å². The van der Waals surface area contributed by atoms with Crippen molar-refractivity contribution < 1.29 is 4.79 Å². The molecule has 2 heterocycles. The lowest BCUT2D eigenvalue weighted by Crippen LogP contribution is -2.38. The number of hydrogen-bond acceptors (Lipinski definition) is 4. The minimum Gasteiger partial charge on any atom is -0.357 e. The van der Waals surface area contributed by atoms with Crippen LogP contribution < -0.4 is 16.0 Å². The van der Waals surface area contributed by atoms with E-state index in [1.54, 1.807) is 0 Å². The number of hydrogen-bond donors (Lipinski definition) is 3. The zero-order valence-corrected chi connectivity index (χ0v) is 19.8. The largest absolute Gasteiger partial charge is 0.357 e. The lowest BCUT2D eigenvalue weighted by atomic mass is 10.3. The third kappa shape index (κ3) is 6.96. The van der Waals surface area contributed by atoms with E-state index >= 15 is 0 Å². The lowest BCUT2D eigenvalue weighted by molar-refractivity contribution is -0.116. The van der Waals surface area contributed by atoms with Gasteiger partial charge in [-0.2, -0.15) is 0 Å². The van der Waals surface area contributed by atoms with E-state index in [0.717, 1.165) is 28.2 Å². The number of anilines is 1. The van der Waals surface area contributed by atoms with Crippen LogP contribution in [0.25, 0.3) is 5.65 Å². The molecule has 0 unspecified atom stereocenters. The minimum absolute atomic E-state index is 0. The average molecular weight is 572 g/mol. The van der Waals surface area contributed by atoms with E-state index in [0.29, 0.717) is 25.5 Å². The monoisotopic (exact) mass is 571 g/mol. The summed E-state index contributed by atoms with van der Waals surface area (Å²) in [7, 11) is 0. The highest BCUT2D eigenvalue weighted by molar-refractivity contribution is 14.0. The van der Waals surface area contributed by atoms with Crippen LogP contribution in [-0.4, -0.2) is 39.6 Å². The fraction of sp³-hybridized carbons (Fsp3) is 0.263. The Hall–Kier alpha value is -2.21. The molecule has 29 heavy (non-hydrogen) atoms. The molecule has 0 spiro atoms. The number of benzene rings is 1. The van der Waals surface area contributed by atoms with Gasteiger partial charge in [-0.05, 0) is 43.3 Å². The maximum atomic E-state index is 12.1. The maximum Gasteiger partial charge on any atom is 0.226 e. The molecule has 0 bridgehead atoms. The van der Waals surface area contributed by atoms with Gasteiger partial charge in [0.2, 0.25) is 5.91 Å². The van der Waals surface area contributed by atoms with Crippen molar-refractivity contribution in [2.75, 3.05) is 18.4 Å². The lowest BCUT2D eigenvalue weighted by Gasteiger charge is -2.11. The third-order valence-electron chi connectivity index (χ3n) is 3.88. The Balaban J connectivity index is 0.00000300. The van der Waals surface area contributed by atoms with E-state index < -0.39 is 0 Å². The number of pyridine rings is 1. The highest BCUT2D eigenvalue weighted by Crippen LogP contribution is 2.14. The van der Waals surface area contributed by atoms with Crippen LogP contribution in [0.1, 0.15) is 19.2 Å². The Morgan fingerprint density at radius 1 is 1.14 bits per heavy atom. The maximum absolute atomic E-state index is 12.1. The van der Waals surface area contributed by atoms with Crippen molar-refractivity contribution in [2.24, 2.45) is 4.99 Å². The number of amides is 1. The van der Waals surface area contributed by atoms with Crippen molar-refractivity contribution in [1.29, 1.82) is 0 Å². The Bertz CT molecular complexity index is 959. The first-order chi connectivity index (χ1) is 13.7. The second kappa shape index (κ2) is 11.7. The van der Waals surface area contributed by atoms with E-state index in [1.165, 1.54) is 0 Å². The first-order valence-electron chi connectivity index (χ1n) is 9.02. The number of carbonyl (C=O) groups excluding carboxylic acids is 1. The number of nitrogens with one attached hydrogen (secondary N) is 3. The molecule has 0 radical (unpaired) electrons. The van der Waals surface area contributed by atoms with Gasteiger partial charge in [0.05, 0.1) is 0 Å². The highest BCUT2D eigenvalue weighted by atomic mass is 127. The molecule has 0 aliphatic rings. The quantitative estimate of drug-likeness (QED) is 0.230. The second-order valence-electron chi connectivity index (χ2n) is 5.97. The van der Waals surface area contributed by atoms with Gasteiger partial charge in [-0.15, -0.1) is 34.2 Å². The predicted octanol–water partition coefficient (Wildman–Crippen LogP) is 3.19. The molecule has 0 saturated carbocycles. The molecule has 0 saturated heterocycles. The molecular weight excluding hydrogens is 549 g/mol. The number of carbonyl (C=O) groups is 1. The molecule has 0 fully saturated rings. The van der Waals surface area contributed by atoms with Crippen molar-refractivity contribution in [1.82, 2.24) is 25.2 Å². The van der Waals surface area contributed by atoms with Crippen LogP contribution in [0.5, 0.6) is 0 Å². The van der Waals surface area contributed by atoms with Crippen molar-refractivity contribution >= 4 is 63.1 Å². The van der Waals surface area contributed by atoms with Crippen LogP contribution in [0.3, 0.4) is 0 Å². The number of nitrogens with zero attached hydrogens (tertiary/aromatic N) is 4. The number of fused-ring (bicyclic) bond motifs is 1. The number of aromatic nitrogens is 3. The van der Waals surface area contributed by atoms with Crippen molar-refractivity contribution in [3.8, 4) is 0 Å². The summed E-state index contributed by atoms with van der Waals surface area (Å²) in [5, 5.41) is 17.5. The van der Waals surface area contributed by atoms with Gasteiger partial charge in [0.1, 0.15) is 6.54 Å². The van der Waals surface area contributed by atoms with Gasteiger partial charge in [-0.3, -0.25) is 9.20 Å². The van der Waals surface area contributed by atoms with E-state index in [1.807, 2.05) is 60.0 Å². The predicted molar refractivity (Wildman–Crippen MR) is 129 cm³/mol. The molecule has 10 heteroatoms. The van der Waals surface area contributed by atoms with E-state index in [2.05, 4.69) is 47.1 Å². The first-order valence-corrected chi connectivity index (χ1v) is 9.81. The Labute approximate surface area is 194 Å². The number of halogens is 2. The van der Waals surface area contributed by atoms with Gasteiger partial charge in [0, 0.05) is 35.9 Å². The molecule has 0 atom stereocenters. The summed E-state index contributed by atoms with van der Waals surface area (Å²) >= 11 is 3.37. The summed E-state index contributed by atoms with van der Waals surface area (Å²) < 4.78 is 2.87. The summed E-state index contributed by atoms with van der Waals surface area (Å²) in [5.74, 6) is 1.32. The van der Waals surface area contributed by atoms with Crippen molar-refractivity contribution in [3.05, 3.63) is 59.0 Å². The normalized spacial score (nSPS) is 11.0. The van der Waals surface area contributed by atoms with Gasteiger partial charge in [-0.25, -0.2) is 4.99 Å². The third-order valence-corrected chi connectivity index (χ3v) is 4.41. The summed E-state index contributed by atoms with van der Waals surface area (Å²) in [5.41, 5.74) is 1.56. The molecule has 2 aromatic heterocycles. The van der Waals surface area contributed by atoms with E-state index in [9.17, 15) is 4.79 Å². The second-order valence-corrected chi connectivity index (χ2v) is 6.89. The number of rotatable bonds is 7. The highest BCUT2D eigenvalue weighted by Gasteiger charge is 2.06. The zero-order valence-electron chi connectivity index (χ0n) is 15.9. The topological polar surface area (TPSA) is 95.7 Å². The van der Waals surface area contributed by atoms with Crippen LogP contribution in [0.4, 0.5) is 5.69 Å². The van der Waals surface area contributed by atoms with Gasteiger partial charge in [-0.1, -0.05) is 22.0 Å². The van der Waals surface area contributed by atoms with Crippen molar-refractivity contribution in [3.63, 3.8) is 0 Å². The average Bonchev–Trinajstić information content (AvgIpc) is 3.11. The van der Waals surface area contributed by atoms with Crippen LogP contribution in [0.2, 0.25) is 0 Å². The molecule has 8 nitrogen and oxygen atoms in total. The molecule has 3 aromatic rings. The number of guanidine groups is 1. The fourth-order valence-electron chi connectivity index (χ4n) is 2.54. The van der Waals surface area contributed by atoms with Gasteiger partial charge >= 0.3 is 0 Å². The van der Waals surface area contributed by atoms with Crippen LogP contribution >= 0.6 is 39.9 Å². The van der Waals surface area contributed by atoms with E-state index in [4.69, 9.17) is 0 Å². The molecule has 0 aliphatic carbocycles. The van der Waals surface area contributed by atoms with Crippen LogP contribution in [0.15, 0.2) is 58.1 Å². The van der Waals surface area contributed by atoms with Gasteiger partial charge in [0.15, 0.2) is 17.4 Å². The first kappa shape index (κ1) is 23.1. The summed E-state index contributed by atoms with van der Waals surface area (Å²) in [6.07, 6.45) is 2.24. The van der Waals surface area contributed by atoms with E-state index in [-0.39, 0.29) is 29.9 Å². The molecule has 0 aliphatic heterocycles. The molecule has 3 rings (SSSR count). The Morgan fingerprint density at radius 2 is 1.93 bits per heavy atom. The minimum atomic E-state index is -0.0610. The number of aliphatic imine (C=N–C) groups is 1. The summed E-state index contributed by atoms with van der Waals surface area (Å²) in [4.78, 5) is 16.6. The zero-order chi connectivity index (χ0) is 19.8. The molecule has 1 aromatic carbocycles. The molecule has 154 valence electrons. The molecule has 1 amide bonds. The summed E-state index contributed by atoms with van der Waals surface area (Å²) in [6, 6.07) is 13.2. The standard InChI is InChI=1S/C19H22BrN7O.HI/c1-2-21-19(23-13-17-26-25-16-5-3-4-12-27(16)17)22-11-10-18(28)24-15-8-6-14(20)7-9-15;/h3-9,12H,2,10-11,13H2,1H3,(H,24,28)(H2,21,22,23);1H. The SMILES string of the molecule is CCNC(=NCc1nnc2ccccn12)NCCC(=O)Nc1ccc(Br)cc1.I. The van der Waals surface area contributed by atoms with Gasteiger partial charge < -0.3 is 16.0 Å². The van der Waals surface area contributed by atoms with Crippen molar-refractivity contribution in [2.45, 2.75) is 19.9 Å². The van der Waals surface area contributed by atoms with Gasteiger partial charge in [0.25, 0.3) is 0 Å². The Morgan fingerprint density at radius 3 is 2.69 bits per heavy atom. The Kier molecular flexibility index (Phi) is 9.32.